The van der Waals surface area contributed by atoms with Gasteiger partial charge in [0.2, 0.25) is 5.91 Å². The molecule has 0 aliphatic heterocycles. The van der Waals surface area contributed by atoms with Crippen LogP contribution in [0.15, 0.2) is 54.9 Å². The Labute approximate surface area is 154 Å². The summed E-state index contributed by atoms with van der Waals surface area (Å²) in [5.41, 5.74) is 2.87. The molecule has 0 saturated carbocycles. The topological polar surface area (TPSA) is 42.0 Å². The average molecular weight is 375 g/mol. The molecule has 3 rings (SSSR count). The van der Waals surface area contributed by atoms with E-state index in [1.54, 1.807) is 24.5 Å². The second-order valence-corrected chi connectivity index (χ2v) is 6.87. The van der Waals surface area contributed by atoms with Crippen LogP contribution in [0.2, 0.25) is 0 Å². The van der Waals surface area contributed by atoms with Crippen LogP contribution in [-0.4, -0.2) is 16.8 Å². The lowest BCUT2D eigenvalue weighted by atomic mass is 10.0. The molecule has 0 fully saturated rings. The quantitative estimate of drug-likeness (QED) is 0.573. The number of amides is 1. The van der Waals surface area contributed by atoms with Gasteiger partial charge in [0, 0.05) is 35.1 Å². The van der Waals surface area contributed by atoms with Gasteiger partial charge in [-0.05, 0) is 47.9 Å². The molecule has 0 bridgehead atoms. The minimum Gasteiger partial charge on any atom is -0.318 e. The van der Waals surface area contributed by atoms with Crippen molar-refractivity contribution in [3.8, 4) is 21.6 Å². The molecule has 0 atom stereocenters. The van der Waals surface area contributed by atoms with Crippen molar-refractivity contribution in [2.75, 3.05) is 11.2 Å². The number of alkyl halides is 1. The molecule has 2 aromatic heterocycles. The summed E-state index contributed by atoms with van der Waals surface area (Å²) in [6.07, 6.45) is 4.47. The number of nitrogens with one attached hydrogen (secondary N) is 1. The number of carbonyl (C=O) groups is 1. The van der Waals surface area contributed by atoms with Crippen molar-refractivity contribution >= 4 is 33.8 Å². The maximum atomic E-state index is 13.2. The minimum atomic E-state index is -0.277. The van der Waals surface area contributed by atoms with Crippen LogP contribution in [-0.2, 0) is 4.79 Å². The first-order chi connectivity index (χ1) is 12.2. The Morgan fingerprint density at radius 2 is 1.84 bits per heavy atom. The number of hydrogen-bond acceptors (Lipinski definition) is 3. The Morgan fingerprint density at radius 3 is 2.52 bits per heavy atom. The van der Waals surface area contributed by atoms with E-state index in [4.69, 9.17) is 11.6 Å². The van der Waals surface area contributed by atoms with Gasteiger partial charge in [-0.15, -0.1) is 22.9 Å². The number of thiophene rings is 1. The maximum Gasteiger partial charge on any atom is 0.225 e. The van der Waals surface area contributed by atoms with Gasteiger partial charge in [0.25, 0.3) is 0 Å². The van der Waals surface area contributed by atoms with E-state index in [1.165, 1.54) is 23.5 Å². The van der Waals surface area contributed by atoms with Gasteiger partial charge in [0.1, 0.15) is 5.82 Å². The fourth-order valence-electron chi connectivity index (χ4n) is 2.44. The highest BCUT2D eigenvalue weighted by Gasteiger charge is 2.14. The number of aromatic nitrogens is 1. The Bertz CT molecular complexity index is 850. The van der Waals surface area contributed by atoms with Gasteiger partial charge in [-0.3, -0.25) is 9.78 Å². The predicted molar refractivity (Wildman–Crippen MR) is 102 cm³/mol. The summed E-state index contributed by atoms with van der Waals surface area (Å²) in [4.78, 5) is 17.0. The Morgan fingerprint density at radius 1 is 1.12 bits per heavy atom. The van der Waals surface area contributed by atoms with E-state index in [-0.39, 0.29) is 11.7 Å². The van der Waals surface area contributed by atoms with E-state index in [0.29, 0.717) is 18.7 Å². The number of benzene rings is 1. The summed E-state index contributed by atoms with van der Waals surface area (Å²) in [7, 11) is 0. The fraction of sp³-hybridized carbons (Fsp3) is 0.158. The zero-order valence-corrected chi connectivity index (χ0v) is 14.9. The summed E-state index contributed by atoms with van der Waals surface area (Å²) >= 11 is 7.10. The first kappa shape index (κ1) is 17.6. The predicted octanol–water partition coefficient (Wildman–Crippen LogP) is 5.57. The second kappa shape index (κ2) is 8.23. The molecule has 0 aliphatic carbocycles. The zero-order valence-electron chi connectivity index (χ0n) is 13.3. The molecule has 25 heavy (non-hydrogen) atoms. The Balaban J connectivity index is 1.97. The highest BCUT2D eigenvalue weighted by Crippen LogP contribution is 2.41. The van der Waals surface area contributed by atoms with E-state index in [9.17, 15) is 9.18 Å². The maximum absolute atomic E-state index is 13.2. The second-order valence-electron chi connectivity index (χ2n) is 5.44. The number of pyridine rings is 1. The van der Waals surface area contributed by atoms with Crippen molar-refractivity contribution in [2.45, 2.75) is 12.8 Å². The molecule has 3 nitrogen and oxygen atoms in total. The van der Waals surface area contributed by atoms with Gasteiger partial charge >= 0.3 is 0 Å². The van der Waals surface area contributed by atoms with Gasteiger partial charge in [-0.25, -0.2) is 4.39 Å². The van der Waals surface area contributed by atoms with Crippen molar-refractivity contribution in [3.05, 3.63) is 60.7 Å². The lowest BCUT2D eigenvalue weighted by Crippen LogP contribution is -2.09. The molecule has 6 heteroatoms. The first-order valence-corrected chi connectivity index (χ1v) is 9.18. The number of hydrogen-bond donors (Lipinski definition) is 1. The van der Waals surface area contributed by atoms with Crippen molar-refractivity contribution in [1.29, 1.82) is 0 Å². The van der Waals surface area contributed by atoms with E-state index in [1.807, 2.05) is 18.2 Å². The summed E-state index contributed by atoms with van der Waals surface area (Å²) < 4.78 is 13.2. The van der Waals surface area contributed by atoms with E-state index in [2.05, 4.69) is 10.3 Å². The third kappa shape index (κ3) is 4.44. The lowest BCUT2D eigenvalue weighted by Gasteiger charge is -2.03. The van der Waals surface area contributed by atoms with Crippen LogP contribution in [0.25, 0.3) is 21.6 Å². The molecule has 0 unspecified atom stereocenters. The first-order valence-electron chi connectivity index (χ1n) is 7.83. The standard InChI is InChI=1S/C19H16ClFN2OS/c20-9-1-2-17(24)23-18-12-16(13-7-10-22-11-8-13)19(25-18)14-3-5-15(21)6-4-14/h3-8,10-12H,1-2,9H2,(H,23,24). The highest BCUT2D eigenvalue weighted by atomic mass is 35.5. The fourth-order valence-corrected chi connectivity index (χ4v) is 3.68. The van der Waals surface area contributed by atoms with Crippen molar-refractivity contribution in [2.24, 2.45) is 0 Å². The highest BCUT2D eigenvalue weighted by molar-refractivity contribution is 7.20. The molecule has 0 radical (unpaired) electrons. The number of nitrogens with zero attached hydrogens (tertiary/aromatic N) is 1. The summed E-state index contributed by atoms with van der Waals surface area (Å²) in [6.45, 7) is 0. The largest absolute Gasteiger partial charge is 0.318 e. The van der Waals surface area contributed by atoms with Crippen LogP contribution < -0.4 is 5.32 Å². The average Bonchev–Trinajstić information content (AvgIpc) is 3.05. The molecule has 0 saturated heterocycles. The zero-order chi connectivity index (χ0) is 17.6. The van der Waals surface area contributed by atoms with Crippen LogP contribution in [0.5, 0.6) is 0 Å². The van der Waals surface area contributed by atoms with Crippen LogP contribution in [0.1, 0.15) is 12.8 Å². The molecule has 3 aromatic rings. The lowest BCUT2D eigenvalue weighted by molar-refractivity contribution is -0.116. The molecule has 1 aromatic carbocycles. The van der Waals surface area contributed by atoms with Gasteiger partial charge in [0.05, 0.1) is 5.00 Å². The molecule has 0 spiro atoms. The van der Waals surface area contributed by atoms with Crippen molar-refractivity contribution < 1.29 is 9.18 Å². The van der Waals surface area contributed by atoms with Gasteiger partial charge < -0.3 is 5.32 Å². The van der Waals surface area contributed by atoms with Crippen molar-refractivity contribution in [1.82, 2.24) is 4.98 Å². The van der Waals surface area contributed by atoms with Gasteiger partial charge in [0.15, 0.2) is 0 Å². The van der Waals surface area contributed by atoms with Crippen LogP contribution in [0, 0.1) is 5.82 Å². The molecule has 2 heterocycles. The number of anilines is 1. The van der Waals surface area contributed by atoms with Crippen molar-refractivity contribution in [3.63, 3.8) is 0 Å². The number of carbonyl (C=O) groups excluding carboxylic acids is 1. The molecule has 0 aliphatic rings. The van der Waals surface area contributed by atoms with Gasteiger partial charge in [-0.1, -0.05) is 12.1 Å². The SMILES string of the molecule is O=C(CCCCl)Nc1cc(-c2ccncc2)c(-c2ccc(F)cc2)s1. The Hall–Kier alpha value is -2.24. The van der Waals surface area contributed by atoms with Crippen LogP contribution >= 0.6 is 22.9 Å². The van der Waals surface area contributed by atoms with Gasteiger partial charge in [-0.2, -0.15) is 0 Å². The van der Waals surface area contributed by atoms with Crippen LogP contribution in [0.4, 0.5) is 9.39 Å². The molecule has 1 amide bonds. The third-order valence-electron chi connectivity index (χ3n) is 3.63. The summed E-state index contributed by atoms with van der Waals surface area (Å²) in [5, 5.41) is 3.67. The van der Waals surface area contributed by atoms with E-state index < -0.39 is 0 Å². The summed E-state index contributed by atoms with van der Waals surface area (Å²) in [5.74, 6) is 0.121. The minimum absolute atomic E-state index is 0.0613. The number of halogens is 2. The third-order valence-corrected chi connectivity index (χ3v) is 5.00. The molecule has 1 N–H and O–H groups in total. The molecule has 128 valence electrons. The number of rotatable bonds is 6. The summed E-state index contributed by atoms with van der Waals surface area (Å²) in [6, 6.07) is 12.1. The van der Waals surface area contributed by atoms with Crippen LogP contribution in [0.3, 0.4) is 0 Å². The van der Waals surface area contributed by atoms with E-state index in [0.717, 1.165) is 26.6 Å². The normalized spacial score (nSPS) is 10.6. The molecular weight excluding hydrogens is 359 g/mol. The monoisotopic (exact) mass is 374 g/mol. The Kier molecular flexibility index (Phi) is 5.79. The smallest absolute Gasteiger partial charge is 0.225 e. The van der Waals surface area contributed by atoms with E-state index >= 15 is 0 Å². The molecular formula is C19H16ClFN2OS.